The zero-order chi connectivity index (χ0) is 14.3. The molecule has 0 aromatic heterocycles. The van der Waals surface area contributed by atoms with Gasteiger partial charge in [0.05, 0.1) is 12.6 Å². The second-order valence-electron chi connectivity index (χ2n) is 4.41. The first kappa shape index (κ1) is 15.3. The van der Waals surface area contributed by atoms with E-state index < -0.39 is 5.97 Å². The number of carboxylic acid groups (broad SMARTS) is 1. The van der Waals surface area contributed by atoms with E-state index in [2.05, 4.69) is 5.92 Å². The molecular weight excluding hydrogens is 248 g/mol. The lowest BCUT2D eigenvalue weighted by atomic mass is 10.2. The highest BCUT2D eigenvalue weighted by atomic mass is 16.5. The summed E-state index contributed by atoms with van der Waals surface area (Å²) in [5, 5.41) is 8.79. The number of urea groups is 1. The lowest BCUT2D eigenvalue weighted by Crippen LogP contribution is -2.47. The number of hydrogen-bond acceptors (Lipinski definition) is 3. The maximum Gasteiger partial charge on any atom is 0.323 e. The van der Waals surface area contributed by atoms with Crippen LogP contribution < -0.4 is 0 Å². The summed E-state index contributed by atoms with van der Waals surface area (Å²) in [7, 11) is 0. The van der Waals surface area contributed by atoms with Gasteiger partial charge in [-0.05, 0) is 19.8 Å². The van der Waals surface area contributed by atoms with Crippen molar-refractivity contribution in [3.8, 4) is 12.3 Å². The molecule has 0 aromatic carbocycles. The third-order valence-corrected chi connectivity index (χ3v) is 2.98. The molecule has 1 N–H and O–H groups in total. The zero-order valence-corrected chi connectivity index (χ0v) is 11.2. The van der Waals surface area contributed by atoms with Gasteiger partial charge in [-0.2, -0.15) is 0 Å². The fourth-order valence-electron chi connectivity index (χ4n) is 2.04. The Morgan fingerprint density at radius 3 is 2.68 bits per heavy atom. The van der Waals surface area contributed by atoms with Crippen molar-refractivity contribution >= 4 is 12.0 Å². The summed E-state index contributed by atoms with van der Waals surface area (Å²) in [5.74, 6) is 1.24. The SMILES string of the molecule is C#CCN(CC(=O)O)C(=O)N(CC)CC1CCCO1. The van der Waals surface area contributed by atoms with Gasteiger partial charge in [-0.3, -0.25) is 4.79 Å². The van der Waals surface area contributed by atoms with E-state index in [-0.39, 0.29) is 25.2 Å². The first-order chi connectivity index (χ1) is 9.08. The Kier molecular flexibility index (Phi) is 6.16. The Hall–Kier alpha value is -1.74. The van der Waals surface area contributed by atoms with E-state index in [0.717, 1.165) is 24.3 Å². The summed E-state index contributed by atoms with van der Waals surface area (Å²) in [5.41, 5.74) is 0. The van der Waals surface area contributed by atoms with Crippen molar-refractivity contribution in [3.63, 3.8) is 0 Å². The van der Waals surface area contributed by atoms with Crippen LogP contribution in [-0.2, 0) is 9.53 Å². The Balaban J connectivity index is 2.62. The Morgan fingerprint density at radius 1 is 1.47 bits per heavy atom. The zero-order valence-electron chi connectivity index (χ0n) is 11.2. The van der Waals surface area contributed by atoms with E-state index in [9.17, 15) is 9.59 Å². The quantitative estimate of drug-likeness (QED) is 0.717. The van der Waals surface area contributed by atoms with E-state index in [1.807, 2.05) is 6.92 Å². The van der Waals surface area contributed by atoms with Gasteiger partial charge in [-0.1, -0.05) is 5.92 Å². The van der Waals surface area contributed by atoms with Crippen LogP contribution in [0.25, 0.3) is 0 Å². The van der Waals surface area contributed by atoms with Gasteiger partial charge in [0, 0.05) is 19.7 Å². The van der Waals surface area contributed by atoms with Crippen molar-refractivity contribution in [2.24, 2.45) is 0 Å². The van der Waals surface area contributed by atoms with Gasteiger partial charge in [0.1, 0.15) is 6.54 Å². The molecule has 6 heteroatoms. The fraction of sp³-hybridized carbons (Fsp3) is 0.692. The lowest BCUT2D eigenvalue weighted by Gasteiger charge is -2.29. The molecule has 1 aliphatic rings. The third kappa shape index (κ3) is 4.79. The van der Waals surface area contributed by atoms with Crippen molar-refractivity contribution in [3.05, 3.63) is 0 Å². The molecule has 2 amide bonds. The number of carboxylic acids is 1. The fourth-order valence-corrected chi connectivity index (χ4v) is 2.04. The molecule has 1 atom stereocenters. The van der Waals surface area contributed by atoms with E-state index in [1.54, 1.807) is 4.90 Å². The van der Waals surface area contributed by atoms with Gasteiger partial charge in [-0.15, -0.1) is 6.42 Å². The number of ether oxygens (including phenoxy) is 1. The molecule has 0 bridgehead atoms. The van der Waals surface area contributed by atoms with E-state index >= 15 is 0 Å². The number of nitrogens with zero attached hydrogens (tertiary/aromatic N) is 2. The number of hydrogen-bond donors (Lipinski definition) is 1. The monoisotopic (exact) mass is 268 g/mol. The van der Waals surface area contributed by atoms with Crippen LogP contribution >= 0.6 is 0 Å². The summed E-state index contributed by atoms with van der Waals surface area (Å²) < 4.78 is 5.49. The topological polar surface area (TPSA) is 70.1 Å². The minimum absolute atomic E-state index is 0.00679. The predicted octanol–water partition coefficient (Wildman–Crippen LogP) is 0.627. The number of aliphatic carboxylic acids is 1. The standard InChI is InChI=1S/C13H20N2O4/c1-3-7-15(10-12(16)17)13(18)14(4-2)9-11-6-5-8-19-11/h1,11H,4-10H2,2H3,(H,16,17). The van der Waals surface area contributed by atoms with Crippen LogP contribution in [0.4, 0.5) is 4.79 Å². The highest BCUT2D eigenvalue weighted by molar-refractivity contribution is 5.80. The summed E-state index contributed by atoms with van der Waals surface area (Å²) >= 11 is 0. The van der Waals surface area contributed by atoms with E-state index in [0.29, 0.717) is 13.1 Å². The van der Waals surface area contributed by atoms with Crippen LogP contribution in [0.1, 0.15) is 19.8 Å². The largest absolute Gasteiger partial charge is 0.480 e. The molecule has 0 aliphatic carbocycles. The second-order valence-corrected chi connectivity index (χ2v) is 4.41. The highest BCUT2D eigenvalue weighted by Crippen LogP contribution is 2.14. The van der Waals surface area contributed by atoms with Gasteiger partial charge in [-0.25, -0.2) is 4.79 Å². The van der Waals surface area contributed by atoms with Gasteiger partial charge in [0.2, 0.25) is 0 Å². The first-order valence-electron chi connectivity index (χ1n) is 6.39. The van der Waals surface area contributed by atoms with Crippen molar-refractivity contribution in [1.82, 2.24) is 9.80 Å². The minimum atomic E-state index is -1.07. The highest BCUT2D eigenvalue weighted by Gasteiger charge is 2.25. The summed E-state index contributed by atoms with van der Waals surface area (Å²) in [6.45, 7) is 3.16. The molecule has 1 unspecified atom stereocenters. The molecule has 0 radical (unpaired) electrons. The number of rotatable bonds is 6. The van der Waals surface area contributed by atoms with Crippen LogP contribution in [0.5, 0.6) is 0 Å². The number of amides is 2. The smallest absolute Gasteiger partial charge is 0.323 e. The average molecular weight is 268 g/mol. The molecule has 0 aromatic rings. The Morgan fingerprint density at radius 2 is 2.21 bits per heavy atom. The van der Waals surface area contributed by atoms with Crippen LogP contribution in [-0.4, -0.2) is 65.8 Å². The van der Waals surface area contributed by atoms with Crippen molar-refractivity contribution in [1.29, 1.82) is 0 Å². The van der Waals surface area contributed by atoms with E-state index in [4.69, 9.17) is 16.3 Å². The molecule has 1 heterocycles. The molecule has 1 fully saturated rings. The predicted molar refractivity (Wildman–Crippen MR) is 69.7 cm³/mol. The van der Waals surface area contributed by atoms with Crippen LogP contribution in [0.15, 0.2) is 0 Å². The summed E-state index contributed by atoms with van der Waals surface area (Å²) in [6.07, 6.45) is 7.14. The molecule has 19 heavy (non-hydrogen) atoms. The molecule has 1 saturated heterocycles. The van der Waals surface area contributed by atoms with Crippen LogP contribution in [0, 0.1) is 12.3 Å². The molecular formula is C13H20N2O4. The van der Waals surface area contributed by atoms with Crippen molar-refractivity contribution < 1.29 is 19.4 Å². The van der Waals surface area contributed by atoms with Crippen molar-refractivity contribution in [2.75, 3.05) is 32.8 Å². The molecule has 1 rings (SSSR count). The van der Waals surface area contributed by atoms with Crippen LogP contribution in [0.2, 0.25) is 0 Å². The molecule has 6 nitrogen and oxygen atoms in total. The Bertz CT molecular complexity index is 358. The first-order valence-corrected chi connectivity index (χ1v) is 6.39. The van der Waals surface area contributed by atoms with Crippen LogP contribution in [0.3, 0.4) is 0 Å². The maximum atomic E-state index is 12.2. The molecule has 0 saturated carbocycles. The van der Waals surface area contributed by atoms with E-state index in [1.165, 1.54) is 0 Å². The normalized spacial score (nSPS) is 17.8. The number of likely N-dealkylation sites (N-methyl/N-ethyl adjacent to an activating group) is 1. The maximum absolute atomic E-state index is 12.2. The van der Waals surface area contributed by atoms with Gasteiger partial charge in [0.15, 0.2) is 0 Å². The molecule has 1 aliphatic heterocycles. The molecule has 0 spiro atoms. The van der Waals surface area contributed by atoms with Gasteiger partial charge >= 0.3 is 12.0 Å². The second kappa shape index (κ2) is 7.64. The summed E-state index contributed by atoms with van der Waals surface area (Å²) in [6, 6.07) is -0.349. The van der Waals surface area contributed by atoms with Gasteiger partial charge in [0.25, 0.3) is 0 Å². The third-order valence-electron chi connectivity index (χ3n) is 2.98. The Labute approximate surface area is 113 Å². The van der Waals surface area contributed by atoms with Gasteiger partial charge < -0.3 is 19.6 Å². The number of carbonyl (C=O) groups is 2. The lowest BCUT2D eigenvalue weighted by molar-refractivity contribution is -0.137. The summed E-state index contributed by atoms with van der Waals surface area (Å²) in [4.78, 5) is 25.7. The molecule has 106 valence electrons. The number of carbonyl (C=O) groups excluding carboxylic acids is 1. The minimum Gasteiger partial charge on any atom is -0.480 e. The average Bonchev–Trinajstić information content (AvgIpc) is 2.87. The van der Waals surface area contributed by atoms with Crippen molar-refractivity contribution in [2.45, 2.75) is 25.9 Å². The number of terminal acetylenes is 1.